The average molecular weight is 425 g/mol. The van der Waals surface area contributed by atoms with Crippen molar-refractivity contribution in [2.24, 2.45) is 0 Å². The topological polar surface area (TPSA) is 77.7 Å². The summed E-state index contributed by atoms with van der Waals surface area (Å²) in [6, 6.07) is 13.3. The van der Waals surface area contributed by atoms with Gasteiger partial charge in [-0.1, -0.05) is 4.48 Å². The van der Waals surface area contributed by atoms with Crippen LogP contribution in [0.3, 0.4) is 0 Å². The van der Waals surface area contributed by atoms with E-state index in [9.17, 15) is 9.28 Å². The van der Waals surface area contributed by atoms with Crippen LogP contribution < -0.4 is 4.90 Å². The number of anilines is 2. The molecule has 1 amide bonds. The first kappa shape index (κ1) is 18.8. The molecule has 32 heavy (non-hydrogen) atoms. The van der Waals surface area contributed by atoms with Crippen molar-refractivity contribution in [3.63, 3.8) is 0 Å². The molecule has 0 spiro atoms. The Morgan fingerprint density at radius 1 is 1.19 bits per heavy atom. The van der Waals surface area contributed by atoms with E-state index in [2.05, 4.69) is 22.2 Å². The smallest absolute Gasteiger partial charge is 0.241 e. The number of aromatic amines is 1. The second-order valence-corrected chi connectivity index (χ2v) is 9.06. The SMILES string of the molecule is CC1(C)C(=O)N(c2ccc(C#N)cc2)c2cc3c4c([nH]c3cc21)-c1nn(F)cc1CCC4. The number of halogens is 1. The molecule has 0 unspecified atom stereocenters. The first-order valence-corrected chi connectivity index (χ1v) is 10.7. The zero-order valence-corrected chi connectivity index (χ0v) is 17.7. The molecule has 0 saturated heterocycles. The number of hydrogen-bond donors (Lipinski definition) is 1. The van der Waals surface area contributed by atoms with E-state index in [1.54, 1.807) is 17.0 Å². The van der Waals surface area contributed by atoms with Gasteiger partial charge in [-0.2, -0.15) is 5.26 Å². The fourth-order valence-corrected chi connectivity index (χ4v) is 5.11. The highest BCUT2D eigenvalue weighted by molar-refractivity contribution is 6.14. The molecule has 0 bridgehead atoms. The summed E-state index contributed by atoms with van der Waals surface area (Å²) in [7, 11) is 0. The number of nitrogens with zero attached hydrogens (tertiary/aromatic N) is 4. The molecule has 1 aliphatic heterocycles. The highest BCUT2D eigenvalue weighted by Crippen LogP contribution is 2.48. The van der Waals surface area contributed by atoms with Crippen molar-refractivity contribution >= 4 is 28.2 Å². The highest BCUT2D eigenvalue weighted by atomic mass is 19.2. The second kappa shape index (κ2) is 6.30. The Kier molecular flexibility index (Phi) is 3.70. The number of nitriles is 1. The zero-order valence-electron chi connectivity index (χ0n) is 17.7. The molecule has 7 heteroatoms. The quantitative estimate of drug-likeness (QED) is 0.462. The van der Waals surface area contributed by atoms with Gasteiger partial charge in [-0.25, -0.2) is 0 Å². The van der Waals surface area contributed by atoms with Crippen LogP contribution in [0.2, 0.25) is 0 Å². The third kappa shape index (κ3) is 2.43. The molecule has 2 aliphatic rings. The van der Waals surface area contributed by atoms with E-state index in [0.29, 0.717) is 16.2 Å². The van der Waals surface area contributed by atoms with Crippen molar-refractivity contribution in [3.05, 3.63) is 64.8 Å². The van der Waals surface area contributed by atoms with Crippen LogP contribution >= 0.6 is 0 Å². The first-order valence-electron chi connectivity index (χ1n) is 10.7. The van der Waals surface area contributed by atoms with Gasteiger partial charge in [0, 0.05) is 22.2 Å². The highest BCUT2D eigenvalue weighted by Gasteiger charge is 2.45. The number of aromatic nitrogens is 3. The van der Waals surface area contributed by atoms with E-state index in [-0.39, 0.29) is 5.91 Å². The predicted octanol–water partition coefficient (Wildman–Crippen LogP) is 5.08. The lowest BCUT2D eigenvalue weighted by molar-refractivity contribution is -0.121. The lowest BCUT2D eigenvalue weighted by Crippen LogP contribution is -2.33. The van der Waals surface area contributed by atoms with Crippen molar-refractivity contribution in [1.29, 1.82) is 5.26 Å². The molecular weight excluding hydrogens is 405 g/mol. The number of nitrogens with one attached hydrogen (secondary N) is 1. The number of H-pyrrole nitrogens is 1. The van der Waals surface area contributed by atoms with Gasteiger partial charge in [0.15, 0.2) is 0 Å². The summed E-state index contributed by atoms with van der Waals surface area (Å²) < 4.78 is 13.8. The number of hydrogen-bond acceptors (Lipinski definition) is 3. The maximum atomic E-state index is 13.8. The third-order valence-corrected chi connectivity index (χ3v) is 6.80. The Morgan fingerprint density at radius 3 is 2.72 bits per heavy atom. The van der Waals surface area contributed by atoms with Crippen LogP contribution in [0.4, 0.5) is 15.9 Å². The Balaban J connectivity index is 1.59. The predicted molar refractivity (Wildman–Crippen MR) is 119 cm³/mol. The van der Waals surface area contributed by atoms with Gasteiger partial charge in [0.05, 0.1) is 34.6 Å². The van der Waals surface area contributed by atoms with Gasteiger partial charge in [0.1, 0.15) is 5.69 Å². The molecule has 0 saturated carbocycles. The van der Waals surface area contributed by atoms with Crippen LogP contribution in [0, 0.1) is 11.3 Å². The molecule has 0 atom stereocenters. The van der Waals surface area contributed by atoms with E-state index in [1.165, 1.54) is 6.20 Å². The Bertz CT molecular complexity index is 1470. The molecule has 1 aliphatic carbocycles. The van der Waals surface area contributed by atoms with Crippen LogP contribution in [0.25, 0.3) is 22.3 Å². The summed E-state index contributed by atoms with van der Waals surface area (Å²) in [5.41, 5.74) is 6.83. The largest absolute Gasteiger partial charge is 0.353 e. The molecule has 0 fully saturated rings. The van der Waals surface area contributed by atoms with Crippen LogP contribution in [0.1, 0.15) is 42.5 Å². The van der Waals surface area contributed by atoms with Gasteiger partial charge in [0.25, 0.3) is 0 Å². The molecule has 6 nitrogen and oxygen atoms in total. The van der Waals surface area contributed by atoms with E-state index in [0.717, 1.165) is 63.9 Å². The lowest BCUT2D eigenvalue weighted by Gasteiger charge is -2.20. The fraction of sp³-hybridized carbons (Fsp3) is 0.240. The zero-order chi connectivity index (χ0) is 22.2. The van der Waals surface area contributed by atoms with E-state index in [4.69, 9.17) is 5.26 Å². The van der Waals surface area contributed by atoms with Gasteiger partial charge >= 0.3 is 0 Å². The Morgan fingerprint density at radius 2 is 1.97 bits per heavy atom. The summed E-state index contributed by atoms with van der Waals surface area (Å²) in [6.45, 7) is 3.86. The summed E-state index contributed by atoms with van der Waals surface area (Å²) in [5.74, 6) is -0.00518. The molecule has 158 valence electrons. The fourth-order valence-electron chi connectivity index (χ4n) is 5.11. The van der Waals surface area contributed by atoms with Gasteiger partial charge in [-0.15, -0.1) is 10.0 Å². The lowest BCUT2D eigenvalue weighted by atomic mass is 9.85. The number of rotatable bonds is 1. The number of aryl methyl sites for hydroxylation is 2. The number of benzene rings is 2. The van der Waals surface area contributed by atoms with Crippen molar-refractivity contribution in [1.82, 2.24) is 15.0 Å². The van der Waals surface area contributed by atoms with E-state index >= 15 is 0 Å². The second-order valence-electron chi connectivity index (χ2n) is 9.06. The van der Waals surface area contributed by atoms with Gasteiger partial charge in [-0.3, -0.25) is 9.69 Å². The monoisotopic (exact) mass is 425 g/mol. The normalized spacial score (nSPS) is 16.4. The Labute approximate surface area is 183 Å². The number of carbonyl (C=O) groups excluding carboxylic acids is 1. The van der Waals surface area contributed by atoms with Crippen molar-refractivity contribution < 1.29 is 9.28 Å². The average Bonchev–Trinajstić information content (AvgIpc) is 3.34. The minimum absolute atomic E-state index is 0.00518. The summed E-state index contributed by atoms with van der Waals surface area (Å²) in [5, 5.41) is 14.2. The van der Waals surface area contributed by atoms with E-state index < -0.39 is 5.41 Å². The van der Waals surface area contributed by atoms with E-state index in [1.807, 2.05) is 32.0 Å². The van der Waals surface area contributed by atoms with Gasteiger partial charge in [-0.05, 0) is 80.6 Å². The Hall–Kier alpha value is -3.92. The molecule has 0 radical (unpaired) electrons. The third-order valence-electron chi connectivity index (χ3n) is 6.80. The number of fused-ring (bicyclic) bond motifs is 6. The maximum Gasteiger partial charge on any atom is 0.241 e. The molecule has 2 aromatic carbocycles. The van der Waals surface area contributed by atoms with Crippen LogP contribution in [0.15, 0.2) is 42.6 Å². The molecule has 1 N–H and O–H groups in total. The molecule has 3 heterocycles. The van der Waals surface area contributed by atoms with Crippen molar-refractivity contribution in [2.75, 3.05) is 4.90 Å². The van der Waals surface area contributed by atoms with Crippen LogP contribution in [0.5, 0.6) is 0 Å². The standard InChI is InChI=1S/C25H20FN5O/c1-25(2)19-11-20-18(17-5-3-4-15-13-30(26)29-22(15)23(17)28-20)10-21(19)31(24(25)32)16-8-6-14(12-27)7-9-16/h6-11,13,28H,3-5H2,1-2H3. The summed E-state index contributed by atoms with van der Waals surface area (Å²) >= 11 is 0. The van der Waals surface area contributed by atoms with Gasteiger partial charge < -0.3 is 4.98 Å². The van der Waals surface area contributed by atoms with Crippen molar-refractivity contribution in [3.8, 4) is 17.5 Å². The van der Waals surface area contributed by atoms with Crippen LogP contribution in [-0.4, -0.2) is 20.9 Å². The van der Waals surface area contributed by atoms with Crippen LogP contribution in [-0.2, 0) is 23.1 Å². The minimum atomic E-state index is -0.703. The van der Waals surface area contributed by atoms with Gasteiger partial charge in [0.2, 0.25) is 5.91 Å². The summed E-state index contributed by atoms with van der Waals surface area (Å²) in [6.07, 6.45) is 3.98. The molecule has 2 aromatic heterocycles. The molecular formula is C25H20FN5O. The van der Waals surface area contributed by atoms with Crippen molar-refractivity contribution in [2.45, 2.75) is 38.5 Å². The molecule has 6 rings (SSSR count). The number of amides is 1. The first-order chi connectivity index (χ1) is 15.4. The molecule has 4 aromatic rings. The summed E-state index contributed by atoms with van der Waals surface area (Å²) in [4.78, 5) is 19.0. The maximum absolute atomic E-state index is 13.8. The number of carbonyl (C=O) groups is 1. The minimum Gasteiger partial charge on any atom is -0.353 e.